The molecular weight excluding hydrogens is 226 g/mol. The Kier molecular flexibility index (Phi) is 3.88. The minimum atomic E-state index is 0.502. The molecule has 2 saturated heterocycles. The van der Waals surface area contributed by atoms with Gasteiger partial charge in [-0.3, -0.25) is 9.88 Å². The van der Waals surface area contributed by atoms with Gasteiger partial charge in [-0.2, -0.15) is 0 Å². The zero-order chi connectivity index (χ0) is 12.2. The fraction of sp³-hybridized carbons (Fsp3) is 0.643. The standard InChI is InChI=1S/C14H21N3O/c1-2-12(8-15-5-1)9-16-6-7-17-10-13-3-4-14(11-17)18-13/h1-2,5,8,13-14,16H,3-4,6-7,9-11H2. The number of hydrogen-bond donors (Lipinski definition) is 1. The summed E-state index contributed by atoms with van der Waals surface area (Å²) in [5.74, 6) is 0. The quantitative estimate of drug-likeness (QED) is 0.789. The van der Waals surface area contributed by atoms with Crippen molar-refractivity contribution in [3.63, 3.8) is 0 Å². The molecule has 1 N–H and O–H groups in total. The lowest BCUT2D eigenvalue weighted by atomic mass is 10.2. The number of nitrogens with zero attached hydrogens (tertiary/aromatic N) is 2. The maximum absolute atomic E-state index is 5.83. The summed E-state index contributed by atoms with van der Waals surface area (Å²) in [5.41, 5.74) is 1.25. The van der Waals surface area contributed by atoms with E-state index in [0.717, 1.165) is 32.7 Å². The summed E-state index contributed by atoms with van der Waals surface area (Å²) in [4.78, 5) is 6.64. The van der Waals surface area contributed by atoms with Crippen LogP contribution in [0.3, 0.4) is 0 Å². The van der Waals surface area contributed by atoms with Gasteiger partial charge in [0.25, 0.3) is 0 Å². The van der Waals surface area contributed by atoms with Gasteiger partial charge in [0.15, 0.2) is 0 Å². The smallest absolute Gasteiger partial charge is 0.0707 e. The molecule has 0 saturated carbocycles. The average Bonchev–Trinajstić information content (AvgIpc) is 2.75. The Morgan fingerprint density at radius 3 is 2.89 bits per heavy atom. The first-order valence-electron chi connectivity index (χ1n) is 6.87. The van der Waals surface area contributed by atoms with E-state index in [9.17, 15) is 0 Å². The van der Waals surface area contributed by atoms with Crippen LogP contribution < -0.4 is 5.32 Å². The van der Waals surface area contributed by atoms with Gasteiger partial charge in [-0.05, 0) is 24.5 Å². The van der Waals surface area contributed by atoms with Crippen LogP contribution in [0.5, 0.6) is 0 Å². The number of aromatic nitrogens is 1. The number of morpholine rings is 1. The van der Waals surface area contributed by atoms with Crippen molar-refractivity contribution in [2.75, 3.05) is 26.2 Å². The normalized spacial score (nSPS) is 27.6. The first kappa shape index (κ1) is 12.1. The summed E-state index contributed by atoms with van der Waals surface area (Å²) in [6.07, 6.45) is 7.24. The fourth-order valence-electron chi connectivity index (χ4n) is 2.85. The van der Waals surface area contributed by atoms with Crippen molar-refractivity contribution in [2.24, 2.45) is 0 Å². The lowest BCUT2D eigenvalue weighted by Gasteiger charge is -2.32. The van der Waals surface area contributed by atoms with Gasteiger partial charge in [0.2, 0.25) is 0 Å². The minimum absolute atomic E-state index is 0.502. The Morgan fingerprint density at radius 2 is 2.17 bits per heavy atom. The van der Waals surface area contributed by atoms with Crippen molar-refractivity contribution < 1.29 is 4.74 Å². The highest BCUT2D eigenvalue weighted by Gasteiger charge is 2.33. The Labute approximate surface area is 108 Å². The molecule has 4 nitrogen and oxygen atoms in total. The summed E-state index contributed by atoms with van der Waals surface area (Å²) in [5, 5.41) is 3.48. The first-order chi connectivity index (χ1) is 8.90. The van der Waals surface area contributed by atoms with Gasteiger partial charge in [0.1, 0.15) is 0 Å². The van der Waals surface area contributed by atoms with E-state index in [2.05, 4.69) is 21.3 Å². The molecule has 2 unspecified atom stereocenters. The third-order valence-electron chi connectivity index (χ3n) is 3.78. The van der Waals surface area contributed by atoms with Crippen LogP contribution in [0, 0.1) is 0 Å². The molecule has 0 aromatic carbocycles. The van der Waals surface area contributed by atoms with Crippen LogP contribution in [0.4, 0.5) is 0 Å². The summed E-state index contributed by atoms with van der Waals surface area (Å²) in [6, 6.07) is 4.09. The van der Waals surface area contributed by atoms with Crippen LogP contribution in [0.25, 0.3) is 0 Å². The number of nitrogens with one attached hydrogen (secondary N) is 1. The van der Waals surface area contributed by atoms with E-state index in [0.29, 0.717) is 12.2 Å². The van der Waals surface area contributed by atoms with E-state index in [-0.39, 0.29) is 0 Å². The second-order valence-corrected chi connectivity index (χ2v) is 5.26. The summed E-state index contributed by atoms with van der Waals surface area (Å²) >= 11 is 0. The number of likely N-dealkylation sites (tertiary alicyclic amines) is 1. The van der Waals surface area contributed by atoms with Crippen LogP contribution in [-0.2, 0) is 11.3 Å². The van der Waals surface area contributed by atoms with Gasteiger partial charge in [-0.25, -0.2) is 0 Å². The number of pyridine rings is 1. The van der Waals surface area contributed by atoms with Gasteiger partial charge in [-0.1, -0.05) is 6.07 Å². The lowest BCUT2D eigenvalue weighted by Crippen LogP contribution is -2.45. The molecule has 2 aliphatic rings. The topological polar surface area (TPSA) is 37.4 Å². The highest BCUT2D eigenvalue weighted by molar-refractivity contribution is 5.07. The molecule has 1 aromatic rings. The molecule has 4 heteroatoms. The van der Waals surface area contributed by atoms with Crippen molar-refractivity contribution in [3.05, 3.63) is 30.1 Å². The largest absolute Gasteiger partial charge is 0.372 e. The van der Waals surface area contributed by atoms with Gasteiger partial charge in [0.05, 0.1) is 12.2 Å². The molecule has 0 radical (unpaired) electrons. The van der Waals surface area contributed by atoms with Crippen LogP contribution in [0.15, 0.2) is 24.5 Å². The molecule has 1 aromatic heterocycles. The Hall–Kier alpha value is -0.970. The molecule has 3 rings (SSSR count). The van der Waals surface area contributed by atoms with E-state index < -0.39 is 0 Å². The molecule has 2 fully saturated rings. The summed E-state index contributed by atoms with van der Waals surface area (Å²) in [7, 11) is 0. The van der Waals surface area contributed by atoms with E-state index in [1.54, 1.807) is 0 Å². The Balaban J connectivity index is 1.35. The third kappa shape index (κ3) is 3.07. The number of fused-ring (bicyclic) bond motifs is 2. The van der Waals surface area contributed by atoms with Crippen molar-refractivity contribution >= 4 is 0 Å². The first-order valence-corrected chi connectivity index (χ1v) is 6.87. The highest BCUT2D eigenvalue weighted by atomic mass is 16.5. The van der Waals surface area contributed by atoms with Gasteiger partial charge >= 0.3 is 0 Å². The zero-order valence-corrected chi connectivity index (χ0v) is 10.7. The highest BCUT2D eigenvalue weighted by Crippen LogP contribution is 2.25. The van der Waals surface area contributed by atoms with Crippen LogP contribution >= 0.6 is 0 Å². The Bertz CT molecular complexity index is 359. The average molecular weight is 247 g/mol. The molecule has 3 heterocycles. The predicted molar refractivity (Wildman–Crippen MR) is 70.3 cm³/mol. The van der Waals surface area contributed by atoms with Gasteiger partial charge in [-0.15, -0.1) is 0 Å². The third-order valence-corrected chi connectivity index (χ3v) is 3.78. The van der Waals surface area contributed by atoms with Gasteiger partial charge < -0.3 is 10.1 Å². The molecule has 0 amide bonds. The molecule has 2 bridgehead atoms. The lowest BCUT2D eigenvalue weighted by molar-refractivity contribution is -0.0376. The molecule has 2 atom stereocenters. The zero-order valence-electron chi connectivity index (χ0n) is 10.7. The van der Waals surface area contributed by atoms with Crippen molar-refractivity contribution in [1.82, 2.24) is 15.2 Å². The van der Waals surface area contributed by atoms with E-state index >= 15 is 0 Å². The maximum atomic E-state index is 5.83. The molecule has 2 aliphatic heterocycles. The summed E-state index contributed by atoms with van der Waals surface area (Å²) in [6.45, 7) is 5.30. The maximum Gasteiger partial charge on any atom is 0.0707 e. The molecule has 18 heavy (non-hydrogen) atoms. The van der Waals surface area contributed by atoms with Crippen LogP contribution in [-0.4, -0.2) is 48.3 Å². The van der Waals surface area contributed by atoms with Crippen molar-refractivity contribution in [1.29, 1.82) is 0 Å². The monoisotopic (exact) mass is 247 g/mol. The van der Waals surface area contributed by atoms with Crippen molar-refractivity contribution in [3.8, 4) is 0 Å². The number of rotatable bonds is 5. The molecule has 0 spiro atoms. The van der Waals surface area contributed by atoms with E-state index in [1.165, 1.54) is 18.4 Å². The minimum Gasteiger partial charge on any atom is -0.372 e. The van der Waals surface area contributed by atoms with E-state index in [4.69, 9.17) is 4.74 Å². The van der Waals surface area contributed by atoms with Gasteiger partial charge in [0, 0.05) is 45.1 Å². The molecular formula is C14H21N3O. The SMILES string of the molecule is c1cncc(CNCCN2CC3CCC(C2)O3)c1. The van der Waals surface area contributed by atoms with Crippen LogP contribution in [0.2, 0.25) is 0 Å². The van der Waals surface area contributed by atoms with E-state index in [1.807, 2.05) is 18.5 Å². The molecule has 0 aliphatic carbocycles. The number of hydrogen-bond acceptors (Lipinski definition) is 4. The molecule has 98 valence electrons. The number of ether oxygens (including phenoxy) is 1. The second-order valence-electron chi connectivity index (χ2n) is 5.26. The summed E-state index contributed by atoms with van der Waals surface area (Å²) < 4.78 is 5.83. The predicted octanol–water partition coefficient (Wildman–Crippen LogP) is 1.03. The van der Waals surface area contributed by atoms with Crippen LogP contribution in [0.1, 0.15) is 18.4 Å². The Morgan fingerprint density at radius 1 is 1.33 bits per heavy atom. The second kappa shape index (κ2) is 5.78. The fourth-order valence-corrected chi connectivity index (χ4v) is 2.85. The van der Waals surface area contributed by atoms with Crippen molar-refractivity contribution in [2.45, 2.75) is 31.6 Å².